The summed E-state index contributed by atoms with van der Waals surface area (Å²) in [5.74, 6) is -0.367. The van der Waals surface area contributed by atoms with Gasteiger partial charge in [-0.15, -0.1) is 0 Å². The molecular weight excluding hydrogens is 264 g/mol. The molecule has 0 saturated carbocycles. The summed E-state index contributed by atoms with van der Waals surface area (Å²) in [5, 5.41) is 0. The summed E-state index contributed by atoms with van der Waals surface area (Å²) in [6, 6.07) is 14.5. The van der Waals surface area contributed by atoms with Crippen LogP contribution in [0.5, 0.6) is 5.75 Å². The molecule has 21 heavy (non-hydrogen) atoms. The molecule has 0 aliphatic heterocycles. The highest BCUT2D eigenvalue weighted by Crippen LogP contribution is 2.18. The van der Waals surface area contributed by atoms with E-state index in [2.05, 4.69) is 0 Å². The van der Waals surface area contributed by atoms with E-state index in [1.54, 1.807) is 30.3 Å². The van der Waals surface area contributed by atoms with Gasteiger partial charge < -0.3 is 4.74 Å². The number of carbonyl (C=O) groups is 2. The molecule has 0 aromatic heterocycles. The average Bonchev–Trinajstić information content (AvgIpc) is 2.47. The average molecular weight is 280 g/mol. The molecule has 0 amide bonds. The van der Waals surface area contributed by atoms with Crippen molar-refractivity contribution in [3.63, 3.8) is 0 Å². The molecule has 2 aromatic rings. The molecule has 0 bridgehead atoms. The minimum atomic E-state index is -0.510. The minimum Gasteiger partial charge on any atom is -0.423 e. The first-order chi connectivity index (χ1) is 10.1. The maximum atomic E-state index is 11.8. The molecule has 2 aromatic carbocycles. The van der Waals surface area contributed by atoms with Crippen LogP contribution in [0, 0.1) is 6.92 Å². The highest BCUT2D eigenvalue weighted by Gasteiger charge is 2.09. The lowest BCUT2D eigenvalue weighted by Gasteiger charge is -2.05. The summed E-state index contributed by atoms with van der Waals surface area (Å²) in [4.78, 5) is 23.3. The maximum absolute atomic E-state index is 11.8. The second-order valence-corrected chi connectivity index (χ2v) is 4.72. The molecule has 0 unspecified atom stereocenters. The van der Waals surface area contributed by atoms with Gasteiger partial charge in [0.05, 0.1) is 5.56 Å². The molecule has 0 spiro atoms. The lowest BCUT2D eigenvalue weighted by Crippen LogP contribution is -2.07. The van der Waals surface area contributed by atoms with Gasteiger partial charge in [0.15, 0.2) is 5.78 Å². The molecule has 0 aliphatic carbocycles. The Morgan fingerprint density at radius 2 is 1.67 bits per heavy atom. The second-order valence-electron chi connectivity index (χ2n) is 4.72. The Labute approximate surface area is 123 Å². The molecule has 2 rings (SSSR count). The Morgan fingerprint density at radius 3 is 2.33 bits per heavy atom. The van der Waals surface area contributed by atoms with Crippen LogP contribution in [0.3, 0.4) is 0 Å². The van der Waals surface area contributed by atoms with Gasteiger partial charge in [-0.05, 0) is 37.6 Å². The molecule has 106 valence electrons. The van der Waals surface area contributed by atoms with E-state index < -0.39 is 5.97 Å². The largest absolute Gasteiger partial charge is 0.423 e. The van der Waals surface area contributed by atoms with Crippen LogP contribution in [0.25, 0.3) is 6.08 Å². The van der Waals surface area contributed by atoms with Crippen molar-refractivity contribution in [3.8, 4) is 5.75 Å². The fourth-order valence-electron chi connectivity index (χ4n) is 1.83. The van der Waals surface area contributed by atoms with Crippen LogP contribution in [0.15, 0.2) is 54.6 Å². The molecule has 3 nitrogen and oxygen atoms in total. The highest BCUT2D eigenvalue weighted by molar-refractivity contribution is 5.98. The third-order valence-electron chi connectivity index (χ3n) is 2.97. The fraction of sp³-hybridized carbons (Fsp3) is 0.111. The zero-order chi connectivity index (χ0) is 15.2. The van der Waals surface area contributed by atoms with Crippen molar-refractivity contribution < 1.29 is 14.3 Å². The number of esters is 1. The smallest absolute Gasteiger partial charge is 0.336 e. The maximum Gasteiger partial charge on any atom is 0.336 e. The van der Waals surface area contributed by atoms with E-state index in [0.29, 0.717) is 5.56 Å². The van der Waals surface area contributed by atoms with Crippen molar-refractivity contribution in [3.05, 3.63) is 71.3 Å². The molecule has 3 heteroatoms. The number of carbonyl (C=O) groups excluding carboxylic acids is 2. The quantitative estimate of drug-likeness (QED) is 0.370. The Bertz CT molecular complexity index is 682. The second kappa shape index (κ2) is 6.66. The third-order valence-corrected chi connectivity index (χ3v) is 2.97. The standard InChI is InChI=1S/C18H16O3/c1-13-7-9-15(10-8-13)11-12-18(20)21-17-6-4-3-5-16(17)14(2)19/h3-12H,1-2H3/b12-11+. The van der Waals surface area contributed by atoms with Crippen LogP contribution < -0.4 is 4.74 Å². The Balaban J connectivity index is 2.08. The van der Waals surface area contributed by atoms with Crippen molar-refractivity contribution in [2.75, 3.05) is 0 Å². The highest BCUT2D eigenvalue weighted by atomic mass is 16.5. The van der Waals surface area contributed by atoms with Crippen molar-refractivity contribution in [1.29, 1.82) is 0 Å². The van der Waals surface area contributed by atoms with Crippen LogP contribution in [0.2, 0.25) is 0 Å². The number of aryl methyl sites for hydroxylation is 1. The van der Waals surface area contributed by atoms with Gasteiger partial charge in [-0.3, -0.25) is 4.79 Å². The van der Waals surface area contributed by atoms with Gasteiger partial charge in [0.1, 0.15) is 5.75 Å². The van der Waals surface area contributed by atoms with E-state index in [1.807, 2.05) is 31.2 Å². The Morgan fingerprint density at radius 1 is 1.00 bits per heavy atom. The monoisotopic (exact) mass is 280 g/mol. The van der Waals surface area contributed by atoms with Gasteiger partial charge >= 0.3 is 5.97 Å². The van der Waals surface area contributed by atoms with Crippen LogP contribution >= 0.6 is 0 Å². The fourth-order valence-corrected chi connectivity index (χ4v) is 1.83. The molecule has 0 saturated heterocycles. The number of hydrogen-bond donors (Lipinski definition) is 0. The number of benzene rings is 2. The summed E-state index contributed by atoms with van der Waals surface area (Å²) in [7, 11) is 0. The van der Waals surface area contributed by atoms with Crippen LogP contribution in [0.1, 0.15) is 28.4 Å². The number of rotatable bonds is 4. The number of ketones is 1. The SMILES string of the molecule is CC(=O)c1ccccc1OC(=O)/C=C/c1ccc(C)cc1. The summed E-state index contributed by atoms with van der Waals surface area (Å²) in [5.41, 5.74) is 2.47. The Hall–Kier alpha value is -2.68. The number of para-hydroxylation sites is 1. The van der Waals surface area contributed by atoms with Gasteiger partial charge in [0.2, 0.25) is 0 Å². The van der Waals surface area contributed by atoms with Crippen LogP contribution in [0.4, 0.5) is 0 Å². The van der Waals surface area contributed by atoms with Gasteiger partial charge in [-0.2, -0.15) is 0 Å². The van der Waals surface area contributed by atoms with E-state index in [4.69, 9.17) is 4.74 Å². The molecule has 0 atom stereocenters. The summed E-state index contributed by atoms with van der Waals surface area (Å²) in [6.07, 6.45) is 3.03. The topological polar surface area (TPSA) is 43.4 Å². The normalized spacial score (nSPS) is 10.6. The molecule has 0 radical (unpaired) electrons. The number of hydrogen-bond acceptors (Lipinski definition) is 3. The predicted molar refractivity (Wildman–Crippen MR) is 82.3 cm³/mol. The number of ether oxygens (including phenoxy) is 1. The first-order valence-electron chi connectivity index (χ1n) is 6.63. The number of Topliss-reactive ketones (excluding diaryl/α,β-unsaturated/α-hetero) is 1. The summed E-state index contributed by atoms with van der Waals surface area (Å²) in [6.45, 7) is 3.44. The predicted octanol–water partition coefficient (Wildman–Crippen LogP) is 3.82. The van der Waals surface area contributed by atoms with Crippen molar-refractivity contribution in [2.24, 2.45) is 0 Å². The molecule has 0 heterocycles. The zero-order valence-electron chi connectivity index (χ0n) is 12.0. The first-order valence-corrected chi connectivity index (χ1v) is 6.63. The van der Waals surface area contributed by atoms with Crippen molar-refractivity contribution in [2.45, 2.75) is 13.8 Å². The lowest BCUT2D eigenvalue weighted by molar-refractivity contribution is -0.128. The summed E-state index contributed by atoms with van der Waals surface area (Å²) < 4.78 is 5.21. The zero-order valence-corrected chi connectivity index (χ0v) is 12.0. The van der Waals surface area contributed by atoms with Gasteiger partial charge in [0, 0.05) is 6.08 Å². The third kappa shape index (κ3) is 4.14. The molecular formula is C18H16O3. The van der Waals surface area contributed by atoms with Crippen molar-refractivity contribution in [1.82, 2.24) is 0 Å². The van der Waals surface area contributed by atoms with E-state index in [0.717, 1.165) is 11.1 Å². The van der Waals surface area contributed by atoms with Gasteiger partial charge in [-0.25, -0.2) is 4.79 Å². The molecule has 0 N–H and O–H groups in total. The molecule has 0 fully saturated rings. The summed E-state index contributed by atoms with van der Waals surface area (Å²) >= 11 is 0. The van der Waals surface area contributed by atoms with E-state index in [1.165, 1.54) is 13.0 Å². The van der Waals surface area contributed by atoms with Crippen LogP contribution in [-0.4, -0.2) is 11.8 Å². The van der Waals surface area contributed by atoms with E-state index >= 15 is 0 Å². The van der Waals surface area contributed by atoms with E-state index in [-0.39, 0.29) is 11.5 Å². The Kier molecular flexibility index (Phi) is 4.67. The first kappa shape index (κ1) is 14.7. The van der Waals surface area contributed by atoms with Crippen molar-refractivity contribution >= 4 is 17.8 Å². The van der Waals surface area contributed by atoms with Gasteiger partial charge in [0.25, 0.3) is 0 Å². The lowest BCUT2D eigenvalue weighted by atomic mass is 10.1. The van der Waals surface area contributed by atoms with Crippen LogP contribution in [-0.2, 0) is 4.79 Å². The molecule has 0 aliphatic rings. The van der Waals surface area contributed by atoms with Gasteiger partial charge in [-0.1, -0.05) is 42.0 Å². The minimum absolute atomic E-state index is 0.138. The van der Waals surface area contributed by atoms with E-state index in [9.17, 15) is 9.59 Å².